The number of rotatable bonds is 11. The summed E-state index contributed by atoms with van der Waals surface area (Å²) in [5.74, 6) is -0.572. The maximum atomic E-state index is 13.6. The predicted molar refractivity (Wildman–Crippen MR) is 153 cm³/mol. The van der Waals surface area contributed by atoms with Crippen LogP contribution in [0.4, 0.5) is 25.0 Å². The third-order valence-corrected chi connectivity index (χ3v) is 6.03. The molecular formula is C31H29F2N3O6. The number of ether oxygens (including phenoxy) is 4. The van der Waals surface area contributed by atoms with Crippen molar-refractivity contribution in [2.45, 2.75) is 6.10 Å². The van der Waals surface area contributed by atoms with Crippen LogP contribution in [0.15, 0.2) is 84.9 Å². The summed E-state index contributed by atoms with van der Waals surface area (Å²) in [7, 11) is 2.69. The lowest BCUT2D eigenvalue weighted by Gasteiger charge is -2.22. The fourth-order valence-electron chi connectivity index (χ4n) is 4.04. The van der Waals surface area contributed by atoms with E-state index in [4.69, 9.17) is 24.7 Å². The summed E-state index contributed by atoms with van der Waals surface area (Å²) in [4.78, 5) is 25.5. The number of amides is 2. The second-order valence-corrected chi connectivity index (χ2v) is 8.89. The summed E-state index contributed by atoms with van der Waals surface area (Å²) in [6, 6.07) is 20.0. The zero-order valence-electron chi connectivity index (χ0n) is 22.9. The van der Waals surface area contributed by atoms with E-state index in [1.54, 1.807) is 18.2 Å². The monoisotopic (exact) mass is 577 g/mol. The molecule has 0 aromatic heterocycles. The third-order valence-electron chi connectivity index (χ3n) is 6.03. The van der Waals surface area contributed by atoms with Gasteiger partial charge in [-0.05, 0) is 65.7 Å². The average Bonchev–Trinajstić information content (AvgIpc) is 3.00. The van der Waals surface area contributed by atoms with Gasteiger partial charge in [-0.1, -0.05) is 24.3 Å². The molecule has 0 radical (unpaired) electrons. The van der Waals surface area contributed by atoms with Crippen LogP contribution in [0.1, 0.15) is 27.6 Å². The summed E-state index contributed by atoms with van der Waals surface area (Å²) >= 11 is 0. The molecule has 0 saturated heterocycles. The molecule has 9 nitrogen and oxygen atoms in total. The number of halogens is 2. The topological polar surface area (TPSA) is 121 Å². The molecule has 0 spiro atoms. The first kappa shape index (κ1) is 29.8. The number of carbonyl (C=O) groups is 2. The molecule has 2 amide bonds. The Kier molecular flexibility index (Phi) is 9.90. The number of hydrogen-bond acceptors (Lipinski definition) is 7. The fourth-order valence-corrected chi connectivity index (χ4v) is 4.04. The standard InChI is InChI=1S/C31H29F2N3O6/c1-39-28-18-24(12-14-27(28)41-16-15-34)36-31(38)35-23-11-13-26(25(17-23)30(37)40-2)42-29(19-3-7-21(32)8-4-19)20-5-9-22(33)10-6-20/h3-14,17-18,29H,15-16,34H2,1-2H3,(H2,35,36,38). The van der Waals surface area contributed by atoms with Gasteiger partial charge in [-0.3, -0.25) is 0 Å². The number of hydrogen-bond donors (Lipinski definition) is 3. The molecule has 4 N–H and O–H groups in total. The van der Waals surface area contributed by atoms with Gasteiger partial charge < -0.3 is 35.3 Å². The molecule has 42 heavy (non-hydrogen) atoms. The minimum Gasteiger partial charge on any atom is -0.493 e. The number of benzene rings is 4. The van der Waals surface area contributed by atoms with E-state index in [2.05, 4.69) is 10.6 Å². The van der Waals surface area contributed by atoms with Crippen LogP contribution in [0.5, 0.6) is 17.2 Å². The van der Waals surface area contributed by atoms with Gasteiger partial charge in [0, 0.05) is 24.0 Å². The van der Waals surface area contributed by atoms with Gasteiger partial charge in [-0.15, -0.1) is 0 Å². The van der Waals surface area contributed by atoms with E-state index in [1.807, 2.05) is 0 Å². The molecule has 0 fully saturated rings. The van der Waals surface area contributed by atoms with Crippen LogP contribution < -0.4 is 30.6 Å². The highest BCUT2D eigenvalue weighted by Crippen LogP contribution is 2.33. The highest BCUT2D eigenvalue weighted by Gasteiger charge is 2.22. The van der Waals surface area contributed by atoms with Crippen molar-refractivity contribution < 1.29 is 37.3 Å². The maximum Gasteiger partial charge on any atom is 0.341 e. The fraction of sp³-hybridized carbons (Fsp3) is 0.161. The Balaban J connectivity index is 1.57. The summed E-state index contributed by atoms with van der Waals surface area (Å²) in [5.41, 5.74) is 7.33. The third kappa shape index (κ3) is 7.52. The number of nitrogens with two attached hydrogens (primary N) is 1. The van der Waals surface area contributed by atoms with Gasteiger partial charge in [0.25, 0.3) is 0 Å². The second-order valence-electron chi connectivity index (χ2n) is 8.89. The highest BCUT2D eigenvalue weighted by molar-refractivity contribution is 6.01. The molecule has 4 rings (SSSR count). The van der Waals surface area contributed by atoms with Crippen molar-refractivity contribution >= 4 is 23.4 Å². The summed E-state index contributed by atoms with van der Waals surface area (Å²) in [5, 5.41) is 5.36. The Labute approximate surface area is 241 Å². The zero-order valence-corrected chi connectivity index (χ0v) is 22.9. The van der Waals surface area contributed by atoms with Crippen molar-refractivity contribution in [2.24, 2.45) is 5.73 Å². The Hall–Kier alpha value is -5.16. The van der Waals surface area contributed by atoms with Crippen LogP contribution in [-0.4, -0.2) is 39.4 Å². The highest BCUT2D eigenvalue weighted by atomic mass is 19.1. The first-order chi connectivity index (χ1) is 20.3. The first-order valence-electron chi connectivity index (χ1n) is 12.8. The van der Waals surface area contributed by atoms with Gasteiger partial charge in [0.1, 0.15) is 35.7 Å². The molecule has 4 aromatic rings. The lowest BCUT2D eigenvalue weighted by molar-refractivity contribution is 0.0594. The summed E-state index contributed by atoms with van der Waals surface area (Å²) in [6.07, 6.45) is -0.816. The lowest BCUT2D eigenvalue weighted by Crippen LogP contribution is -2.20. The van der Waals surface area contributed by atoms with Gasteiger partial charge in [-0.2, -0.15) is 0 Å². The van der Waals surface area contributed by atoms with Crippen molar-refractivity contribution in [1.82, 2.24) is 0 Å². The summed E-state index contributed by atoms with van der Waals surface area (Å²) < 4.78 is 49.3. The minimum atomic E-state index is -0.816. The molecule has 4 aromatic carbocycles. The molecule has 0 heterocycles. The normalized spacial score (nSPS) is 10.6. The largest absolute Gasteiger partial charge is 0.493 e. The van der Waals surface area contributed by atoms with Gasteiger partial charge in [-0.25, -0.2) is 18.4 Å². The van der Waals surface area contributed by atoms with Crippen molar-refractivity contribution in [1.29, 1.82) is 0 Å². The Morgan fingerprint density at radius 3 is 1.83 bits per heavy atom. The lowest BCUT2D eigenvalue weighted by atomic mass is 10.0. The van der Waals surface area contributed by atoms with Gasteiger partial charge in [0.05, 0.1) is 14.2 Å². The Morgan fingerprint density at radius 1 is 0.762 bits per heavy atom. The molecule has 218 valence electrons. The molecule has 0 saturated carbocycles. The summed E-state index contributed by atoms with van der Waals surface area (Å²) in [6.45, 7) is 0.641. The Morgan fingerprint density at radius 2 is 1.31 bits per heavy atom. The van der Waals surface area contributed by atoms with Crippen LogP contribution in [0.3, 0.4) is 0 Å². The molecule has 0 aliphatic carbocycles. The number of anilines is 2. The van der Waals surface area contributed by atoms with Crippen molar-refractivity contribution in [3.8, 4) is 17.2 Å². The molecule has 0 aliphatic heterocycles. The molecule has 0 aliphatic rings. The Bertz CT molecular complexity index is 1490. The van der Waals surface area contributed by atoms with E-state index in [-0.39, 0.29) is 17.0 Å². The quantitative estimate of drug-likeness (QED) is 0.190. The van der Waals surface area contributed by atoms with Crippen molar-refractivity contribution in [2.75, 3.05) is 38.0 Å². The van der Waals surface area contributed by atoms with Gasteiger partial charge >= 0.3 is 12.0 Å². The van der Waals surface area contributed by atoms with Gasteiger partial charge in [0.15, 0.2) is 11.5 Å². The second kappa shape index (κ2) is 14.0. The minimum absolute atomic E-state index is 0.0209. The number of nitrogens with one attached hydrogen (secondary N) is 2. The number of esters is 1. The van der Waals surface area contributed by atoms with Crippen LogP contribution in [0.25, 0.3) is 0 Å². The number of methoxy groups -OCH3 is 2. The number of urea groups is 1. The predicted octanol–water partition coefficient (Wildman–Crippen LogP) is 5.91. The molecular weight excluding hydrogens is 548 g/mol. The SMILES string of the molecule is COC(=O)c1cc(NC(=O)Nc2ccc(OCCN)c(OC)c2)ccc1OC(c1ccc(F)cc1)c1ccc(F)cc1. The van der Waals surface area contributed by atoms with Crippen molar-refractivity contribution in [3.63, 3.8) is 0 Å². The molecule has 0 atom stereocenters. The molecule has 0 bridgehead atoms. The van der Waals surface area contributed by atoms with Gasteiger partial charge in [0.2, 0.25) is 0 Å². The van der Waals surface area contributed by atoms with E-state index in [1.165, 1.54) is 80.9 Å². The molecule has 11 heteroatoms. The number of carbonyl (C=O) groups excluding carboxylic acids is 2. The van der Waals surface area contributed by atoms with E-state index >= 15 is 0 Å². The first-order valence-corrected chi connectivity index (χ1v) is 12.8. The van der Waals surface area contributed by atoms with Crippen LogP contribution >= 0.6 is 0 Å². The van der Waals surface area contributed by atoms with E-state index in [0.717, 1.165) is 0 Å². The average molecular weight is 578 g/mol. The smallest absolute Gasteiger partial charge is 0.341 e. The van der Waals surface area contributed by atoms with Crippen LogP contribution in [-0.2, 0) is 4.74 Å². The van der Waals surface area contributed by atoms with Crippen LogP contribution in [0, 0.1) is 11.6 Å². The van der Waals surface area contributed by atoms with E-state index < -0.39 is 29.7 Å². The maximum absolute atomic E-state index is 13.6. The molecule has 0 unspecified atom stereocenters. The van der Waals surface area contributed by atoms with Crippen molar-refractivity contribution in [3.05, 3.63) is 113 Å². The van der Waals surface area contributed by atoms with Crippen LogP contribution in [0.2, 0.25) is 0 Å². The van der Waals surface area contributed by atoms with E-state index in [9.17, 15) is 18.4 Å². The van der Waals surface area contributed by atoms with E-state index in [0.29, 0.717) is 41.5 Å². The zero-order chi connectivity index (χ0) is 30.1.